The van der Waals surface area contributed by atoms with E-state index in [9.17, 15) is 14.3 Å². The minimum atomic E-state index is -0.325. The summed E-state index contributed by atoms with van der Waals surface area (Å²) in [5.41, 5.74) is 2.67. The molecule has 11 heteroatoms. The van der Waals surface area contributed by atoms with Crippen LogP contribution in [0.1, 0.15) is 37.6 Å². The Kier molecular flexibility index (Phi) is 10.1. The molecule has 1 aromatic heterocycles. The molecule has 1 amide bonds. The monoisotopic (exact) mass is 585 g/mol. The molecule has 0 aliphatic carbocycles. The van der Waals surface area contributed by atoms with Crippen LogP contribution in [-0.4, -0.2) is 116 Å². The topological polar surface area (TPSA) is 99.6 Å². The first-order chi connectivity index (χ1) is 20.3. The van der Waals surface area contributed by atoms with Crippen LogP contribution in [0.5, 0.6) is 5.88 Å². The van der Waals surface area contributed by atoms with Gasteiger partial charge in [-0.1, -0.05) is 12.1 Å². The number of hydrogen-bond acceptors (Lipinski definition) is 9. The number of piperazine rings is 1. The number of nitrogens with one attached hydrogen (secondary N) is 1. The maximum Gasteiger partial charge on any atom is 0.241 e. The van der Waals surface area contributed by atoms with Gasteiger partial charge in [0.2, 0.25) is 11.8 Å². The molecule has 1 unspecified atom stereocenters. The predicted octanol–water partition coefficient (Wildman–Crippen LogP) is 1.82. The number of morpholine rings is 1. The first-order valence-corrected chi connectivity index (χ1v) is 14.9. The summed E-state index contributed by atoms with van der Waals surface area (Å²) in [6.45, 7) is 10.9. The average molecular weight is 586 g/mol. The molecule has 0 bridgehead atoms. The number of benzene rings is 1. The van der Waals surface area contributed by atoms with Crippen molar-refractivity contribution in [3.63, 3.8) is 0 Å². The van der Waals surface area contributed by atoms with Gasteiger partial charge in [0.15, 0.2) is 0 Å². The molecule has 1 aromatic carbocycles. The zero-order valence-electron chi connectivity index (χ0n) is 25.1. The molecule has 3 aliphatic heterocycles. The van der Waals surface area contributed by atoms with Crippen LogP contribution in [0.3, 0.4) is 0 Å². The summed E-state index contributed by atoms with van der Waals surface area (Å²) in [7, 11) is 1.62. The molecule has 0 radical (unpaired) electrons. The second-order valence-electron chi connectivity index (χ2n) is 11.9. The van der Waals surface area contributed by atoms with E-state index in [0.29, 0.717) is 55.6 Å². The van der Waals surface area contributed by atoms with Crippen LogP contribution in [0.15, 0.2) is 30.3 Å². The summed E-state index contributed by atoms with van der Waals surface area (Å²) >= 11 is 0. The van der Waals surface area contributed by atoms with Crippen molar-refractivity contribution in [2.45, 2.75) is 64.0 Å². The number of amides is 1. The highest BCUT2D eigenvalue weighted by atomic mass is 19.1. The predicted molar refractivity (Wildman–Crippen MR) is 157 cm³/mol. The van der Waals surface area contributed by atoms with Gasteiger partial charge in [0, 0.05) is 50.9 Å². The Labute approximate surface area is 247 Å². The van der Waals surface area contributed by atoms with E-state index in [2.05, 4.69) is 40.9 Å². The molecule has 5 atom stereocenters. The number of aromatic nitrogens is 1. The second kappa shape index (κ2) is 13.7. The summed E-state index contributed by atoms with van der Waals surface area (Å²) < 4.78 is 30.8. The Morgan fingerprint density at radius 1 is 1.14 bits per heavy atom. The summed E-state index contributed by atoms with van der Waals surface area (Å²) in [6.07, 6.45) is 0.431. The Hall–Kier alpha value is -2.67. The molecule has 230 valence electrons. The van der Waals surface area contributed by atoms with Gasteiger partial charge < -0.3 is 24.6 Å². The fourth-order valence-electron chi connectivity index (χ4n) is 6.35. The SMILES string of the molecule is COCC1COc2nc(CO)c(Cc3ccc(F)cc3)cc2N1C(=O)CN1C[C@@H](C)NC[C@@H]1CN1[C@H](C)COC[C@H]1C. The zero-order chi connectivity index (χ0) is 29.8. The van der Waals surface area contributed by atoms with Crippen LogP contribution in [0, 0.1) is 5.82 Å². The summed E-state index contributed by atoms with van der Waals surface area (Å²) in [4.78, 5) is 25.4. The third-order valence-corrected chi connectivity index (χ3v) is 8.60. The molecular weight excluding hydrogens is 541 g/mol. The number of methoxy groups -OCH3 is 1. The standard InChI is InChI=1S/C31H44FN5O5/c1-20-12-35(26(11-33-20)13-36-21(2)16-41-17-22(36)3)14-30(39)37-27(18-40-4)19-42-31-29(37)10-24(28(15-38)34-31)9-23-5-7-25(32)8-6-23/h5-8,10,20-22,26-27,33,38H,9,11-19H2,1-4H3/t20-,21-,22-,26-,27?/m1/s1. The first-order valence-electron chi connectivity index (χ1n) is 14.9. The van der Waals surface area contributed by atoms with Crippen molar-refractivity contribution < 1.29 is 28.5 Å². The van der Waals surface area contributed by atoms with Gasteiger partial charge in [-0.05, 0) is 56.5 Å². The largest absolute Gasteiger partial charge is 0.474 e. The van der Waals surface area contributed by atoms with Crippen molar-refractivity contribution >= 4 is 11.6 Å². The lowest BCUT2D eigenvalue weighted by atomic mass is 10.0. The lowest BCUT2D eigenvalue weighted by Crippen LogP contribution is -2.64. The number of aliphatic hydroxyl groups is 1. The Morgan fingerprint density at radius 3 is 2.57 bits per heavy atom. The molecule has 0 saturated carbocycles. The lowest BCUT2D eigenvalue weighted by molar-refractivity contribution is -0.122. The van der Waals surface area contributed by atoms with Gasteiger partial charge in [0.05, 0.1) is 44.7 Å². The molecule has 4 heterocycles. The van der Waals surface area contributed by atoms with Crippen molar-refractivity contribution in [2.24, 2.45) is 0 Å². The lowest BCUT2D eigenvalue weighted by Gasteiger charge is -2.46. The zero-order valence-corrected chi connectivity index (χ0v) is 25.1. The number of nitrogens with zero attached hydrogens (tertiary/aromatic N) is 4. The van der Waals surface area contributed by atoms with Gasteiger partial charge in [-0.25, -0.2) is 9.37 Å². The summed E-state index contributed by atoms with van der Waals surface area (Å²) in [6, 6.07) is 8.86. The van der Waals surface area contributed by atoms with Crippen LogP contribution < -0.4 is 15.0 Å². The van der Waals surface area contributed by atoms with E-state index in [1.54, 1.807) is 24.1 Å². The highest BCUT2D eigenvalue weighted by Crippen LogP contribution is 2.35. The number of halogens is 1. The quantitative estimate of drug-likeness (QED) is 0.457. The average Bonchev–Trinajstić information content (AvgIpc) is 2.97. The van der Waals surface area contributed by atoms with Crippen molar-refractivity contribution in [1.82, 2.24) is 20.1 Å². The number of ether oxygens (including phenoxy) is 3. The molecule has 5 rings (SSSR count). The number of carbonyl (C=O) groups is 1. The van der Waals surface area contributed by atoms with E-state index in [1.807, 2.05) is 6.07 Å². The molecule has 3 aliphatic rings. The van der Waals surface area contributed by atoms with Gasteiger partial charge in [0.25, 0.3) is 0 Å². The Bertz CT molecular complexity index is 1210. The smallest absolute Gasteiger partial charge is 0.241 e. The maximum atomic E-state index is 14.2. The molecule has 0 spiro atoms. The number of pyridine rings is 1. The van der Waals surface area contributed by atoms with Gasteiger partial charge in [0.1, 0.15) is 18.1 Å². The number of rotatable bonds is 9. The van der Waals surface area contributed by atoms with Crippen molar-refractivity contribution in [3.8, 4) is 5.88 Å². The minimum absolute atomic E-state index is 0.0462. The van der Waals surface area contributed by atoms with Crippen molar-refractivity contribution in [2.75, 3.05) is 64.6 Å². The maximum absolute atomic E-state index is 14.2. The molecule has 2 aromatic rings. The third kappa shape index (κ3) is 6.93. The van der Waals surface area contributed by atoms with Gasteiger partial charge in [-0.15, -0.1) is 0 Å². The van der Waals surface area contributed by atoms with Crippen LogP contribution in [0.4, 0.5) is 10.1 Å². The van der Waals surface area contributed by atoms with Crippen molar-refractivity contribution in [1.29, 1.82) is 0 Å². The summed E-state index contributed by atoms with van der Waals surface area (Å²) in [5.74, 6) is -0.0331. The van der Waals surface area contributed by atoms with Crippen LogP contribution in [0.25, 0.3) is 0 Å². The second-order valence-corrected chi connectivity index (χ2v) is 11.9. The molecule has 2 saturated heterocycles. The van der Waals surface area contributed by atoms with E-state index in [4.69, 9.17) is 14.2 Å². The van der Waals surface area contributed by atoms with Crippen LogP contribution in [-0.2, 0) is 27.3 Å². The minimum Gasteiger partial charge on any atom is -0.474 e. The first kappa shape index (κ1) is 30.8. The number of carbonyl (C=O) groups excluding carboxylic acids is 1. The number of hydrogen-bond donors (Lipinski definition) is 2. The van der Waals surface area contributed by atoms with Crippen LogP contribution in [0.2, 0.25) is 0 Å². The summed E-state index contributed by atoms with van der Waals surface area (Å²) in [5, 5.41) is 13.7. The van der Waals surface area contributed by atoms with E-state index in [1.165, 1.54) is 12.1 Å². The fourth-order valence-corrected chi connectivity index (χ4v) is 6.35. The van der Waals surface area contributed by atoms with Crippen molar-refractivity contribution in [3.05, 3.63) is 53.0 Å². The van der Waals surface area contributed by atoms with E-state index in [-0.39, 0.29) is 49.6 Å². The van der Waals surface area contributed by atoms with Crippen LogP contribution >= 0.6 is 0 Å². The van der Waals surface area contributed by atoms with E-state index >= 15 is 0 Å². The normalized spacial score (nSPS) is 27.0. The number of fused-ring (bicyclic) bond motifs is 1. The highest BCUT2D eigenvalue weighted by Gasteiger charge is 2.38. The fraction of sp³-hybridized carbons (Fsp3) is 0.613. The number of aliphatic hydroxyl groups excluding tert-OH is 1. The molecule has 42 heavy (non-hydrogen) atoms. The van der Waals surface area contributed by atoms with E-state index in [0.717, 1.165) is 30.8 Å². The number of anilines is 1. The molecule has 10 nitrogen and oxygen atoms in total. The van der Waals surface area contributed by atoms with Gasteiger partial charge >= 0.3 is 0 Å². The Balaban J connectivity index is 1.42. The highest BCUT2D eigenvalue weighted by molar-refractivity contribution is 5.97. The van der Waals surface area contributed by atoms with Gasteiger partial charge in [-0.3, -0.25) is 19.5 Å². The van der Waals surface area contributed by atoms with E-state index < -0.39 is 0 Å². The van der Waals surface area contributed by atoms with Gasteiger partial charge in [-0.2, -0.15) is 0 Å². The molecule has 2 fully saturated rings. The Morgan fingerprint density at radius 2 is 1.88 bits per heavy atom. The third-order valence-electron chi connectivity index (χ3n) is 8.60. The molecular formula is C31H44FN5O5. The molecule has 2 N–H and O–H groups in total.